The van der Waals surface area contributed by atoms with Gasteiger partial charge in [0.2, 0.25) is 0 Å². The molecule has 1 fully saturated rings. The third-order valence-corrected chi connectivity index (χ3v) is 4.16. The summed E-state index contributed by atoms with van der Waals surface area (Å²) < 4.78 is 0. The molecule has 0 aliphatic carbocycles. The number of nitrogens with one attached hydrogen (secondary N) is 1. The zero-order valence-electron chi connectivity index (χ0n) is 9.48. The first-order valence-electron chi connectivity index (χ1n) is 5.51. The van der Waals surface area contributed by atoms with Crippen LogP contribution in [0.1, 0.15) is 4.88 Å². The molecule has 1 aliphatic heterocycles. The van der Waals surface area contributed by atoms with E-state index in [2.05, 4.69) is 32.6 Å². The summed E-state index contributed by atoms with van der Waals surface area (Å²) in [4.78, 5) is 6.17. The van der Waals surface area contributed by atoms with E-state index in [1.165, 1.54) is 4.88 Å². The van der Waals surface area contributed by atoms with E-state index in [0.717, 1.165) is 37.8 Å². The van der Waals surface area contributed by atoms with E-state index in [1.807, 2.05) is 18.4 Å². The second-order valence-electron chi connectivity index (χ2n) is 3.90. The summed E-state index contributed by atoms with van der Waals surface area (Å²) in [6.07, 6.45) is 0. The van der Waals surface area contributed by atoms with Crippen LogP contribution in [0, 0.1) is 0 Å². The molecule has 0 saturated carbocycles. The molecule has 1 aromatic heterocycles. The Morgan fingerprint density at radius 1 is 1.44 bits per heavy atom. The maximum atomic E-state index is 5.23. The molecule has 3 nitrogen and oxygen atoms in total. The first-order valence-corrected chi connectivity index (χ1v) is 6.80. The number of hydrogen-bond donors (Lipinski definition) is 1. The molecule has 2 heterocycles. The second kappa shape index (κ2) is 5.61. The molecule has 1 N–H and O–H groups in total. The smallest absolute Gasteiger partial charge is 0.168 e. The summed E-state index contributed by atoms with van der Waals surface area (Å²) in [5.41, 5.74) is 0. The Morgan fingerprint density at radius 3 is 2.75 bits per heavy atom. The zero-order chi connectivity index (χ0) is 11.4. The fraction of sp³-hybridized carbons (Fsp3) is 0.545. The zero-order valence-corrected chi connectivity index (χ0v) is 11.1. The number of thiophene rings is 1. The first kappa shape index (κ1) is 11.8. The Morgan fingerprint density at radius 2 is 2.19 bits per heavy atom. The molecular formula is C11H17N3S2. The van der Waals surface area contributed by atoms with E-state index < -0.39 is 0 Å². The summed E-state index contributed by atoms with van der Waals surface area (Å²) in [6, 6.07) is 4.32. The van der Waals surface area contributed by atoms with Crippen LogP contribution in [0.25, 0.3) is 0 Å². The summed E-state index contributed by atoms with van der Waals surface area (Å²) >= 11 is 7.06. The van der Waals surface area contributed by atoms with Crippen molar-refractivity contribution in [2.75, 3.05) is 33.2 Å². The monoisotopic (exact) mass is 255 g/mol. The molecule has 0 bridgehead atoms. The highest BCUT2D eigenvalue weighted by atomic mass is 32.1. The average molecular weight is 255 g/mol. The van der Waals surface area contributed by atoms with Crippen molar-refractivity contribution in [3.8, 4) is 0 Å². The van der Waals surface area contributed by atoms with Gasteiger partial charge in [-0.15, -0.1) is 11.3 Å². The minimum atomic E-state index is 0.871. The van der Waals surface area contributed by atoms with Crippen LogP contribution in [0.15, 0.2) is 17.5 Å². The SMILES string of the molecule is CNC(=S)N1CCN(Cc2cccs2)CC1. The predicted molar refractivity (Wildman–Crippen MR) is 72.8 cm³/mol. The van der Waals surface area contributed by atoms with Crippen molar-refractivity contribution in [2.45, 2.75) is 6.54 Å². The van der Waals surface area contributed by atoms with Gasteiger partial charge < -0.3 is 10.2 Å². The van der Waals surface area contributed by atoms with Crippen molar-refractivity contribution in [2.24, 2.45) is 0 Å². The van der Waals surface area contributed by atoms with Crippen molar-refractivity contribution in [3.63, 3.8) is 0 Å². The van der Waals surface area contributed by atoms with E-state index in [-0.39, 0.29) is 0 Å². The van der Waals surface area contributed by atoms with Crippen LogP contribution in [0.4, 0.5) is 0 Å². The Balaban J connectivity index is 1.79. The van der Waals surface area contributed by atoms with E-state index >= 15 is 0 Å². The van der Waals surface area contributed by atoms with Crippen LogP contribution >= 0.6 is 23.6 Å². The highest BCUT2D eigenvalue weighted by molar-refractivity contribution is 7.80. The topological polar surface area (TPSA) is 18.5 Å². The first-order chi connectivity index (χ1) is 7.79. The fourth-order valence-corrected chi connectivity index (χ4v) is 2.82. The van der Waals surface area contributed by atoms with E-state index in [0.29, 0.717) is 0 Å². The molecule has 1 saturated heterocycles. The normalized spacial score (nSPS) is 17.4. The lowest BCUT2D eigenvalue weighted by Crippen LogP contribution is -2.50. The minimum absolute atomic E-state index is 0.871. The fourth-order valence-electron chi connectivity index (χ4n) is 1.89. The highest BCUT2D eigenvalue weighted by Gasteiger charge is 2.18. The number of thiocarbonyl (C=S) groups is 1. The lowest BCUT2D eigenvalue weighted by molar-refractivity contribution is 0.176. The van der Waals surface area contributed by atoms with Crippen LogP contribution < -0.4 is 5.32 Å². The van der Waals surface area contributed by atoms with Gasteiger partial charge in [-0.3, -0.25) is 4.90 Å². The largest absolute Gasteiger partial charge is 0.366 e. The van der Waals surface area contributed by atoms with Crippen LogP contribution in [0.2, 0.25) is 0 Å². The van der Waals surface area contributed by atoms with Gasteiger partial charge in [0.25, 0.3) is 0 Å². The molecular weight excluding hydrogens is 238 g/mol. The van der Waals surface area contributed by atoms with Crippen LogP contribution in [0.3, 0.4) is 0 Å². The van der Waals surface area contributed by atoms with Gasteiger partial charge in [-0.2, -0.15) is 0 Å². The predicted octanol–water partition coefficient (Wildman–Crippen LogP) is 1.37. The molecule has 2 rings (SSSR count). The van der Waals surface area contributed by atoms with Crippen molar-refractivity contribution < 1.29 is 0 Å². The maximum Gasteiger partial charge on any atom is 0.168 e. The van der Waals surface area contributed by atoms with Crippen LogP contribution in [0.5, 0.6) is 0 Å². The van der Waals surface area contributed by atoms with Crippen molar-refractivity contribution in [1.82, 2.24) is 15.1 Å². The number of rotatable bonds is 2. The highest BCUT2D eigenvalue weighted by Crippen LogP contribution is 2.13. The molecule has 0 spiro atoms. The van der Waals surface area contributed by atoms with Gasteiger partial charge in [-0.25, -0.2) is 0 Å². The molecule has 0 radical (unpaired) electrons. The Kier molecular flexibility index (Phi) is 4.15. The number of piperazine rings is 1. The summed E-state index contributed by atoms with van der Waals surface area (Å²) in [6.45, 7) is 5.34. The summed E-state index contributed by atoms with van der Waals surface area (Å²) in [5, 5.41) is 6.05. The van der Waals surface area contributed by atoms with Gasteiger partial charge >= 0.3 is 0 Å². The lowest BCUT2D eigenvalue weighted by atomic mass is 10.3. The lowest BCUT2D eigenvalue weighted by Gasteiger charge is -2.35. The van der Waals surface area contributed by atoms with Gasteiger partial charge in [0.05, 0.1) is 0 Å². The third-order valence-electron chi connectivity index (χ3n) is 2.83. The average Bonchev–Trinajstić information content (AvgIpc) is 2.82. The van der Waals surface area contributed by atoms with E-state index in [9.17, 15) is 0 Å². The maximum absolute atomic E-state index is 5.23. The van der Waals surface area contributed by atoms with Gasteiger partial charge in [-0.1, -0.05) is 6.07 Å². The van der Waals surface area contributed by atoms with E-state index in [4.69, 9.17) is 12.2 Å². The van der Waals surface area contributed by atoms with Gasteiger partial charge in [0.15, 0.2) is 5.11 Å². The molecule has 1 aromatic rings. The number of nitrogens with zero attached hydrogens (tertiary/aromatic N) is 2. The van der Waals surface area contributed by atoms with Crippen molar-refractivity contribution in [3.05, 3.63) is 22.4 Å². The molecule has 0 amide bonds. The van der Waals surface area contributed by atoms with Gasteiger partial charge in [0, 0.05) is 44.6 Å². The quantitative estimate of drug-likeness (QED) is 0.804. The van der Waals surface area contributed by atoms with Crippen molar-refractivity contribution >= 4 is 28.7 Å². The molecule has 16 heavy (non-hydrogen) atoms. The molecule has 5 heteroatoms. The van der Waals surface area contributed by atoms with E-state index in [1.54, 1.807) is 0 Å². The molecule has 0 atom stereocenters. The third kappa shape index (κ3) is 2.93. The second-order valence-corrected chi connectivity index (χ2v) is 5.32. The van der Waals surface area contributed by atoms with Crippen LogP contribution in [-0.2, 0) is 6.54 Å². The van der Waals surface area contributed by atoms with Crippen molar-refractivity contribution in [1.29, 1.82) is 0 Å². The molecule has 0 unspecified atom stereocenters. The Labute approximate surface area is 106 Å². The standard InChI is InChI=1S/C11H17N3S2/c1-12-11(15)14-6-4-13(5-7-14)9-10-3-2-8-16-10/h2-3,8H,4-7,9H2,1H3,(H,12,15). The summed E-state index contributed by atoms with van der Waals surface area (Å²) in [5.74, 6) is 0. The van der Waals surface area contributed by atoms with Gasteiger partial charge in [0.1, 0.15) is 0 Å². The summed E-state index contributed by atoms with van der Waals surface area (Å²) in [7, 11) is 1.89. The minimum Gasteiger partial charge on any atom is -0.366 e. The van der Waals surface area contributed by atoms with Crippen LogP contribution in [-0.4, -0.2) is 48.1 Å². The molecule has 88 valence electrons. The molecule has 1 aliphatic rings. The Hall–Kier alpha value is -0.650. The number of hydrogen-bond acceptors (Lipinski definition) is 3. The molecule has 0 aromatic carbocycles. The Bertz CT molecular complexity index is 329. The van der Waals surface area contributed by atoms with Gasteiger partial charge in [-0.05, 0) is 23.7 Å².